The van der Waals surface area contributed by atoms with Gasteiger partial charge in [0.05, 0.1) is 5.69 Å². The van der Waals surface area contributed by atoms with Crippen LogP contribution in [0, 0.1) is 0 Å². The molecule has 3 rings (SSSR count). The molecule has 0 saturated carbocycles. The molecular formula is C10H8N4O4. The molecular weight excluding hydrogens is 240 g/mol. The van der Waals surface area contributed by atoms with Gasteiger partial charge in [-0.05, 0) is 6.07 Å². The van der Waals surface area contributed by atoms with Crippen LogP contribution in [-0.2, 0) is 10.5 Å². The number of carbonyl (C=O) groups is 3. The largest absolute Gasteiger partial charge is 0.348 e. The van der Waals surface area contributed by atoms with Crippen LogP contribution in [0.25, 0.3) is 0 Å². The maximum absolute atomic E-state index is 11.9. The number of urea groups is 2. The number of fused-ring (bicyclic) bond motifs is 2. The molecule has 0 bridgehead atoms. The van der Waals surface area contributed by atoms with Crippen LogP contribution in [0.5, 0.6) is 0 Å². The second kappa shape index (κ2) is 3.20. The summed E-state index contributed by atoms with van der Waals surface area (Å²) in [6, 6.07) is 4.72. The third kappa shape index (κ3) is 1.09. The van der Waals surface area contributed by atoms with E-state index in [1.165, 1.54) is 6.07 Å². The molecule has 1 spiro atoms. The lowest BCUT2D eigenvalue weighted by atomic mass is 9.95. The van der Waals surface area contributed by atoms with Gasteiger partial charge in [0, 0.05) is 5.56 Å². The minimum Gasteiger partial charge on any atom is -0.305 e. The van der Waals surface area contributed by atoms with E-state index in [1.807, 2.05) is 5.32 Å². The number of hydrogen-bond acceptors (Lipinski definition) is 4. The molecule has 1 unspecified atom stereocenters. The molecule has 92 valence electrons. The van der Waals surface area contributed by atoms with E-state index in [-0.39, 0.29) is 10.6 Å². The zero-order valence-corrected chi connectivity index (χ0v) is 8.93. The molecule has 4 N–H and O–H groups in total. The van der Waals surface area contributed by atoms with Crippen LogP contribution in [0.4, 0.5) is 15.3 Å². The first kappa shape index (κ1) is 10.5. The second-order valence-electron chi connectivity index (χ2n) is 3.91. The predicted molar refractivity (Wildman–Crippen MR) is 57.4 cm³/mol. The monoisotopic (exact) mass is 248 g/mol. The van der Waals surface area contributed by atoms with Gasteiger partial charge in [-0.3, -0.25) is 15.3 Å². The van der Waals surface area contributed by atoms with E-state index in [4.69, 9.17) is 0 Å². The van der Waals surface area contributed by atoms with E-state index in [1.54, 1.807) is 18.2 Å². The first-order valence-electron chi connectivity index (χ1n) is 5.09. The molecule has 8 nitrogen and oxygen atoms in total. The van der Waals surface area contributed by atoms with Crippen LogP contribution < -0.4 is 16.0 Å². The average Bonchev–Trinajstić information content (AvgIpc) is 2.63. The molecule has 1 fully saturated rings. The van der Waals surface area contributed by atoms with Crippen LogP contribution in [0.2, 0.25) is 0 Å². The van der Waals surface area contributed by atoms with Gasteiger partial charge < -0.3 is 10.6 Å². The zero-order valence-electron chi connectivity index (χ0n) is 8.93. The smallest absolute Gasteiger partial charge is 0.305 e. The van der Waals surface area contributed by atoms with Crippen molar-refractivity contribution in [3.05, 3.63) is 29.8 Å². The highest BCUT2D eigenvalue weighted by Gasteiger charge is 2.57. The number of rotatable bonds is 0. The molecule has 8 heteroatoms. The fraction of sp³-hybridized carbons (Fsp3) is 0.100. The number of amides is 5. The Morgan fingerprint density at radius 1 is 1.11 bits per heavy atom. The highest BCUT2D eigenvalue weighted by Crippen LogP contribution is 2.36. The summed E-state index contributed by atoms with van der Waals surface area (Å²) in [7, 11) is 0. The highest BCUT2D eigenvalue weighted by molar-refractivity contribution is 6.11. The lowest BCUT2D eigenvalue weighted by Crippen LogP contribution is -2.62. The zero-order chi connectivity index (χ0) is 12.9. The summed E-state index contributed by atoms with van der Waals surface area (Å²) in [6.45, 7) is 0. The third-order valence-electron chi connectivity index (χ3n) is 2.92. The molecule has 0 radical (unpaired) electrons. The van der Waals surface area contributed by atoms with Gasteiger partial charge in [0.1, 0.15) is 0 Å². The fourth-order valence-corrected chi connectivity index (χ4v) is 2.13. The van der Waals surface area contributed by atoms with E-state index in [0.29, 0.717) is 5.69 Å². The van der Waals surface area contributed by atoms with E-state index < -0.39 is 23.6 Å². The summed E-state index contributed by atoms with van der Waals surface area (Å²) in [5, 5.41) is 16.7. The quantitative estimate of drug-likeness (QED) is 0.380. The van der Waals surface area contributed by atoms with Crippen LogP contribution >= 0.6 is 0 Å². The number of imide groups is 1. The third-order valence-corrected chi connectivity index (χ3v) is 2.92. The molecule has 1 aromatic carbocycles. The van der Waals surface area contributed by atoms with Crippen LogP contribution in [0.15, 0.2) is 24.3 Å². The summed E-state index contributed by atoms with van der Waals surface area (Å²) in [5.74, 6) is -0.808. The number of nitrogens with one attached hydrogen (secondary N) is 3. The Morgan fingerprint density at radius 3 is 2.50 bits per heavy atom. The molecule has 2 aliphatic rings. The average molecular weight is 248 g/mol. The van der Waals surface area contributed by atoms with Gasteiger partial charge in [-0.2, -0.15) is 5.06 Å². The van der Waals surface area contributed by atoms with E-state index in [9.17, 15) is 19.6 Å². The Labute approximate surface area is 101 Å². The normalized spacial score (nSPS) is 25.6. The van der Waals surface area contributed by atoms with Crippen molar-refractivity contribution in [2.45, 2.75) is 5.66 Å². The van der Waals surface area contributed by atoms with Crippen molar-refractivity contribution in [2.24, 2.45) is 0 Å². The predicted octanol–water partition coefficient (Wildman–Crippen LogP) is -0.0845. The van der Waals surface area contributed by atoms with E-state index >= 15 is 0 Å². The van der Waals surface area contributed by atoms with Crippen molar-refractivity contribution in [2.75, 3.05) is 5.32 Å². The number of nitrogens with zero attached hydrogens (tertiary/aromatic N) is 1. The summed E-state index contributed by atoms with van der Waals surface area (Å²) < 4.78 is 0. The lowest BCUT2D eigenvalue weighted by molar-refractivity contribution is -0.161. The number of carbonyl (C=O) groups excluding carboxylic acids is 3. The molecule has 5 amide bonds. The number of benzene rings is 1. The Hall–Kier alpha value is -2.61. The van der Waals surface area contributed by atoms with E-state index in [0.717, 1.165) is 0 Å². The van der Waals surface area contributed by atoms with Crippen molar-refractivity contribution >= 4 is 23.7 Å². The summed E-state index contributed by atoms with van der Waals surface area (Å²) in [4.78, 5) is 34.8. The molecule has 0 aliphatic carbocycles. The molecule has 1 aromatic rings. The Balaban J connectivity index is 2.27. The minimum absolute atomic E-state index is 0.176. The number of para-hydroxylation sites is 1. The van der Waals surface area contributed by atoms with Crippen molar-refractivity contribution in [1.29, 1.82) is 0 Å². The van der Waals surface area contributed by atoms with Gasteiger partial charge in [0.2, 0.25) is 0 Å². The van der Waals surface area contributed by atoms with Crippen LogP contribution in [-0.4, -0.2) is 28.2 Å². The molecule has 1 atom stereocenters. The summed E-state index contributed by atoms with van der Waals surface area (Å²) >= 11 is 0. The van der Waals surface area contributed by atoms with Crippen molar-refractivity contribution in [1.82, 2.24) is 15.7 Å². The van der Waals surface area contributed by atoms with E-state index in [2.05, 4.69) is 10.6 Å². The Kier molecular flexibility index (Phi) is 1.87. The Bertz CT molecular complexity index is 587. The van der Waals surface area contributed by atoms with Gasteiger partial charge in [0.15, 0.2) is 0 Å². The van der Waals surface area contributed by atoms with Crippen molar-refractivity contribution in [3.8, 4) is 0 Å². The topological polar surface area (TPSA) is 111 Å². The molecule has 18 heavy (non-hydrogen) atoms. The first-order valence-corrected chi connectivity index (χ1v) is 5.09. The van der Waals surface area contributed by atoms with Gasteiger partial charge in [-0.25, -0.2) is 9.59 Å². The van der Waals surface area contributed by atoms with Gasteiger partial charge in [-0.1, -0.05) is 18.2 Å². The summed E-state index contributed by atoms with van der Waals surface area (Å²) in [6.07, 6.45) is 0. The van der Waals surface area contributed by atoms with Crippen molar-refractivity contribution < 1.29 is 19.6 Å². The molecule has 2 heterocycles. The maximum Gasteiger partial charge on any atom is 0.348 e. The fourth-order valence-electron chi connectivity index (χ4n) is 2.13. The lowest BCUT2D eigenvalue weighted by Gasteiger charge is -2.38. The van der Waals surface area contributed by atoms with Gasteiger partial charge in [0.25, 0.3) is 11.6 Å². The molecule has 0 aromatic heterocycles. The number of anilines is 1. The molecule has 2 aliphatic heterocycles. The standard InChI is InChI=1S/C10H8N4O4/c15-7-10(13-8(16)12-7)5-3-1-2-4-6(5)11-9(17)14(10)18/h1-4,18H,(H,11,17)(H2,12,13,15,16). The van der Waals surface area contributed by atoms with Crippen LogP contribution in [0.1, 0.15) is 5.56 Å². The number of hydroxylamine groups is 2. The minimum atomic E-state index is -1.91. The Morgan fingerprint density at radius 2 is 1.83 bits per heavy atom. The number of hydrogen-bond donors (Lipinski definition) is 4. The SMILES string of the molecule is O=C1NC(=O)C2(N1)c1ccccc1NC(=O)N2O. The van der Waals surface area contributed by atoms with Crippen LogP contribution in [0.3, 0.4) is 0 Å². The maximum atomic E-state index is 11.9. The summed E-state index contributed by atoms with van der Waals surface area (Å²) in [5.41, 5.74) is -1.27. The highest BCUT2D eigenvalue weighted by atomic mass is 16.5. The van der Waals surface area contributed by atoms with Gasteiger partial charge >= 0.3 is 12.1 Å². The van der Waals surface area contributed by atoms with Crippen molar-refractivity contribution in [3.63, 3.8) is 0 Å². The molecule has 1 saturated heterocycles. The second-order valence-corrected chi connectivity index (χ2v) is 3.91. The first-order chi connectivity index (χ1) is 8.55. The van der Waals surface area contributed by atoms with Gasteiger partial charge in [-0.15, -0.1) is 0 Å².